The second-order valence-corrected chi connectivity index (χ2v) is 5.85. The van der Waals surface area contributed by atoms with Crippen molar-refractivity contribution in [3.05, 3.63) is 63.7 Å². The quantitative estimate of drug-likeness (QED) is 0.774. The number of rotatable bonds is 3. The fourth-order valence-corrected chi connectivity index (χ4v) is 2.92. The third-order valence-electron chi connectivity index (χ3n) is 4.02. The summed E-state index contributed by atoms with van der Waals surface area (Å²) in [5.41, 5.74) is 3.46. The highest BCUT2D eigenvalue weighted by Gasteiger charge is 2.24. The Bertz CT molecular complexity index is 776. The van der Waals surface area contributed by atoms with Gasteiger partial charge in [0.15, 0.2) is 17.3 Å². The van der Waals surface area contributed by atoms with Gasteiger partial charge in [0.25, 0.3) is 0 Å². The van der Waals surface area contributed by atoms with Crippen LogP contribution in [0, 0.1) is 0 Å². The molecule has 0 spiro atoms. The van der Waals surface area contributed by atoms with Crippen molar-refractivity contribution in [2.45, 2.75) is 12.8 Å². The highest BCUT2D eigenvalue weighted by molar-refractivity contribution is 6.30. The number of hydrogen-bond donors (Lipinski definition) is 0. The number of ketones is 1. The standard InChI is InChI=1S/C19H17ClO3/c1-22-17-10-13-5-6-14(9-12-3-7-15(20)8-4-12)19(21)16(13)11-18(17)23-2/h3-4,7-11H,5-6H2,1-2H3/b14-9+. The van der Waals surface area contributed by atoms with Crippen LogP contribution in [-0.4, -0.2) is 20.0 Å². The highest BCUT2D eigenvalue weighted by atomic mass is 35.5. The number of carbonyl (C=O) groups is 1. The van der Waals surface area contributed by atoms with Gasteiger partial charge in [-0.1, -0.05) is 23.7 Å². The lowest BCUT2D eigenvalue weighted by Crippen LogP contribution is -2.14. The summed E-state index contributed by atoms with van der Waals surface area (Å²) in [5, 5.41) is 0.685. The first-order valence-corrected chi connectivity index (χ1v) is 7.76. The van der Waals surface area contributed by atoms with Crippen LogP contribution >= 0.6 is 11.6 Å². The summed E-state index contributed by atoms with van der Waals surface area (Å²) in [4.78, 5) is 12.8. The zero-order valence-electron chi connectivity index (χ0n) is 13.1. The van der Waals surface area contributed by atoms with Crippen LogP contribution in [-0.2, 0) is 6.42 Å². The SMILES string of the molecule is COc1cc2c(cc1OC)C(=O)/C(=C/c1ccc(Cl)cc1)CC2. The molecule has 2 aromatic carbocycles. The summed E-state index contributed by atoms with van der Waals surface area (Å²) < 4.78 is 10.6. The van der Waals surface area contributed by atoms with Crippen LogP contribution in [0.3, 0.4) is 0 Å². The maximum absolute atomic E-state index is 12.8. The Morgan fingerprint density at radius 3 is 2.30 bits per heavy atom. The fourth-order valence-electron chi connectivity index (χ4n) is 2.79. The predicted molar refractivity (Wildman–Crippen MR) is 91.6 cm³/mol. The number of aryl methyl sites for hydroxylation is 1. The van der Waals surface area contributed by atoms with E-state index in [-0.39, 0.29) is 5.78 Å². The summed E-state index contributed by atoms with van der Waals surface area (Å²) >= 11 is 5.90. The minimum Gasteiger partial charge on any atom is -0.493 e. The molecule has 1 aliphatic rings. The molecule has 0 aliphatic heterocycles. The number of hydrogen-bond acceptors (Lipinski definition) is 3. The summed E-state index contributed by atoms with van der Waals surface area (Å²) in [5.74, 6) is 1.28. The molecule has 1 aliphatic carbocycles. The molecule has 0 bridgehead atoms. The second-order valence-electron chi connectivity index (χ2n) is 5.41. The lowest BCUT2D eigenvalue weighted by Gasteiger charge is -2.20. The molecule has 0 heterocycles. The second kappa shape index (κ2) is 6.47. The minimum atomic E-state index is 0.0437. The largest absolute Gasteiger partial charge is 0.493 e. The number of fused-ring (bicyclic) bond motifs is 1. The lowest BCUT2D eigenvalue weighted by molar-refractivity contribution is 0.102. The van der Waals surface area contributed by atoms with Crippen LogP contribution in [0.25, 0.3) is 6.08 Å². The van der Waals surface area contributed by atoms with Crippen molar-refractivity contribution >= 4 is 23.5 Å². The van der Waals surface area contributed by atoms with E-state index in [1.807, 2.05) is 36.4 Å². The van der Waals surface area contributed by atoms with Crippen LogP contribution in [0.4, 0.5) is 0 Å². The fraction of sp³-hybridized carbons (Fsp3) is 0.211. The summed E-state index contributed by atoms with van der Waals surface area (Å²) in [6, 6.07) is 11.1. The first-order chi connectivity index (χ1) is 11.1. The molecule has 4 heteroatoms. The van der Waals surface area contributed by atoms with Crippen LogP contribution in [0.1, 0.15) is 27.9 Å². The van der Waals surface area contributed by atoms with Gasteiger partial charge in [0.05, 0.1) is 14.2 Å². The monoisotopic (exact) mass is 328 g/mol. The number of benzene rings is 2. The van der Waals surface area contributed by atoms with E-state index >= 15 is 0 Å². The van der Waals surface area contributed by atoms with E-state index in [0.29, 0.717) is 28.5 Å². The first kappa shape index (κ1) is 15.6. The van der Waals surface area contributed by atoms with Gasteiger partial charge in [-0.05, 0) is 54.3 Å². The number of allylic oxidation sites excluding steroid dienone is 1. The van der Waals surface area contributed by atoms with Crippen molar-refractivity contribution in [3.8, 4) is 11.5 Å². The molecule has 3 nitrogen and oxygen atoms in total. The number of methoxy groups -OCH3 is 2. The van der Waals surface area contributed by atoms with Crippen molar-refractivity contribution in [1.82, 2.24) is 0 Å². The van der Waals surface area contributed by atoms with Gasteiger partial charge in [-0.2, -0.15) is 0 Å². The van der Waals surface area contributed by atoms with Gasteiger partial charge in [-0.3, -0.25) is 4.79 Å². The van der Waals surface area contributed by atoms with Gasteiger partial charge >= 0.3 is 0 Å². The zero-order chi connectivity index (χ0) is 16.4. The maximum atomic E-state index is 12.8. The van der Waals surface area contributed by atoms with Gasteiger partial charge in [0.1, 0.15) is 0 Å². The summed E-state index contributed by atoms with van der Waals surface area (Å²) in [6.07, 6.45) is 3.45. The van der Waals surface area contributed by atoms with Crippen molar-refractivity contribution in [3.63, 3.8) is 0 Å². The van der Waals surface area contributed by atoms with E-state index in [4.69, 9.17) is 21.1 Å². The molecule has 118 valence electrons. The van der Waals surface area contributed by atoms with Gasteiger partial charge < -0.3 is 9.47 Å². The normalized spacial score (nSPS) is 15.4. The Labute approximate surface area is 140 Å². The van der Waals surface area contributed by atoms with E-state index in [0.717, 1.165) is 23.1 Å². The highest BCUT2D eigenvalue weighted by Crippen LogP contribution is 2.35. The molecule has 0 amide bonds. The molecule has 0 N–H and O–H groups in total. The van der Waals surface area contributed by atoms with E-state index in [1.54, 1.807) is 20.3 Å². The topological polar surface area (TPSA) is 35.5 Å². The molecule has 3 rings (SSSR count). The Kier molecular flexibility index (Phi) is 4.39. The minimum absolute atomic E-state index is 0.0437. The van der Waals surface area contributed by atoms with Crippen molar-refractivity contribution in [1.29, 1.82) is 0 Å². The smallest absolute Gasteiger partial charge is 0.189 e. The van der Waals surface area contributed by atoms with Crippen LogP contribution < -0.4 is 9.47 Å². The van der Waals surface area contributed by atoms with E-state index in [2.05, 4.69) is 0 Å². The van der Waals surface area contributed by atoms with E-state index in [9.17, 15) is 4.79 Å². The van der Waals surface area contributed by atoms with Gasteiger partial charge in [-0.25, -0.2) is 0 Å². The molecule has 0 unspecified atom stereocenters. The Balaban J connectivity index is 1.98. The molecule has 0 saturated heterocycles. The van der Waals surface area contributed by atoms with Gasteiger partial charge in [-0.15, -0.1) is 0 Å². The molecule has 0 aromatic heterocycles. The number of carbonyl (C=O) groups excluding carboxylic acids is 1. The van der Waals surface area contributed by atoms with Gasteiger partial charge in [0.2, 0.25) is 0 Å². The maximum Gasteiger partial charge on any atom is 0.189 e. The summed E-state index contributed by atoms with van der Waals surface area (Å²) in [7, 11) is 3.17. The number of halogens is 1. The number of ether oxygens (including phenoxy) is 2. The van der Waals surface area contributed by atoms with Crippen molar-refractivity contribution < 1.29 is 14.3 Å². The molecule has 23 heavy (non-hydrogen) atoms. The Morgan fingerprint density at radius 2 is 1.65 bits per heavy atom. The molecular formula is C19H17ClO3. The number of Topliss-reactive ketones (excluding diaryl/α,β-unsaturated/α-hetero) is 1. The average Bonchev–Trinajstić information content (AvgIpc) is 2.58. The van der Waals surface area contributed by atoms with Crippen molar-refractivity contribution in [2.75, 3.05) is 14.2 Å². The molecule has 0 fully saturated rings. The van der Waals surface area contributed by atoms with Crippen LogP contribution in [0.2, 0.25) is 5.02 Å². The molecule has 0 radical (unpaired) electrons. The molecule has 0 atom stereocenters. The average molecular weight is 329 g/mol. The van der Waals surface area contributed by atoms with Crippen molar-refractivity contribution in [2.24, 2.45) is 0 Å². The van der Waals surface area contributed by atoms with Crippen LogP contribution in [0.15, 0.2) is 42.0 Å². The molecule has 2 aromatic rings. The molecular weight excluding hydrogens is 312 g/mol. The van der Waals surface area contributed by atoms with Gasteiger partial charge in [0, 0.05) is 16.2 Å². The molecule has 0 saturated carbocycles. The summed E-state index contributed by atoms with van der Waals surface area (Å²) in [6.45, 7) is 0. The Morgan fingerprint density at radius 1 is 1.00 bits per heavy atom. The third kappa shape index (κ3) is 3.10. The lowest BCUT2D eigenvalue weighted by atomic mass is 9.85. The third-order valence-corrected chi connectivity index (χ3v) is 4.27. The van der Waals surface area contributed by atoms with Crippen LogP contribution in [0.5, 0.6) is 11.5 Å². The predicted octanol–water partition coefficient (Wildman–Crippen LogP) is 4.57. The first-order valence-electron chi connectivity index (χ1n) is 7.38. The Hall–Kier alpha value is -2.26. The van der Waals surface area contributed by atoms with E-state index < -0.39 is 0 Å². The van der Waals surface area contributed by atoms with E-state index in [1.165, 1.54) is 0 Å². The zero-order valence-corrected chi connectivity index (χ0v) is 13.8.